The Morgan fingerprint density at radius 2 is 1.85 bits per heavy atom. The van der Waals surface area contributed by atoms with Gasteiger partial charge < -0.3 is 10.2 Å². The highest BCUT2D eigenvalue weighted by Crippen LogP contribution is 2.31. The van der Waals surface area contributed by atoms with Crippen LogP contribution < -0.4 is 10.2 Å². The lowest BCUT2D eigenvalue weighted by atomic mass is 10.2. The first kappa shape index (κ1) is 19.5. The molecule has 6 heteroatoms. The molecule has 0 aliphatic heterocycles. The molecule has 0 fully saturated rings. The normalized spacial score (nSPS) is 11.1. The topological polar surface area (TPSA) is 45.5 Å². The van der Waals surface area contributed by atoms with Crippen molar-refractivity contribution in [3.63, 3.8) is 0 Å². The van der Waals surface area contributed by atoms with Gasteiger partial charge in [0.15, 0.2) is 5.65 Å². The van der Waals surface area contributed by atoms with Crippen molar-refractivity contribution in [3.8, 4) is 0 Å². The zero-order valence-electron chi connectivity index (χ0n) is 16.9. The SMILES string of the molecule is CCCN(CCC)c1c(C)c(Nc2ccc(SC)cc2C)nc2ccnn12. The van der Waals surface area contributed by atoms with Gasteiger partial charge in [-0.1, -0.05) is 13.8 Å². The van der Waals surface area contributed by atoms with Gasteiger partial charge in [0.05, 0.1) is 6.20 Å². The second kappa shape index (κ2) is 8.65. The van der Waals surface area contributed by atoms with Gasteiger partial charge in [-0.25, -0.2) is 4.98 Å². The zero-order chi connectivity index (χ0) is 19.4. The van der Waals surface area contributed by atoms with Crippen LogP contribution in [0.3, 0.4) is 0 Å². The molecule has 2 aromatic heterocycles. The van der Waals surface area contributed by atoms with Crippen molar-refractivity contribution >= 4 is 34.7 Å². The number of nitrogens with zero attached hydrogens (tertiary/aromatic N) is 4. The molecule has 0 radical (unpaired) electrons. The fourth-order valence-electron chi connectivity index (χ4n) is 3.39. The van der Waals surface area contributed by atoms with Crippen LogP contribution in [0.1, 0.15) is 37.8 Å². The summed E-state index contributed by atoms with van der Waals surface area (Å²) in [5.74, 6) is 2.03. The van der Waals surface area contributed by atoms with Gasteiger partial charge in [0.2, 0.25) is 0 Å². The first-order valence-corrected chi connectivity index (χ1v) is 10.8. The van der Waals surface area contributed by atoms with Crippen molar-refractivity contribution in [1.29, 1.82) is 0 Å². The van der Waals surface area contributed by atoms with E-state index in [0.29, 0.717) is 0 Å². The standard InChI is InChI=1S/C21H29N5S/c1-6-12-25(13-7-2)21-16(4)20(24-19-10-11-22-26(19)21)23-18-9-8-17(27-5)14-15(18)3/h8-11,14H,6-7,12-13H2,1-5H3,(H,23,24). The summed E-state index contributed by atoms with van der Waals surface area (Å²) >= 11 is 1.76. The average Bonchev–Trinajstić information content (AvgIpc) is 3.11. The Balaban J connectivity index is 2.07. The van der Waals surface area contributed by atoms with E-state index in [0.717, 1.165) is 54.5 Å². The van der Waals surface area contributed by atoms with Gasteiger partial charge >= 0.3 is 0 Å². The predicted octanol–water partition coefficient (Wildman–Crippen LogP) is 5.44. The highest BCUT2D eigenvalue weighted by atomic mass is 32.2. The molecule has 1 aromatic carbocycles. The van der Waals surface area contributed by atoms with Crippen LogP contribution in [0.2, 0.25) is 0 Å². The summed E-state index contributed by atoms with van der Waals surface area (Å²) in [6.45, 7) is 10.7. The van der Waals surface area contributed by atoms with Gasteiger partial charge in [-0.15, -0.1) is 11.8 Å². The smallest absolute Gasteiger partial charge is 0.159 e. The number of nitrogens with one attached hydrogen (secondary N) is 1. The number of rotatable bonds is 8. The Morgan fingerprint density at radius 1 is 1.11 bits per heavy atom. The van der Waals surface area contributed by atoms with E-state index in [9.17, 15) is 0 Å². The lowest BCUT2D eigenvalue weighted by molar-refractivity contribution is 0.712. The van der Waals surface area contributed by atoms with E-state index in [1.165, 1.54) is 10.5 Å². The molecule has 0 saturated heterocycles. The second-order valence-corrected chi connectivity index (χ2v) is 7.68. The molecule has 3 aromatic rings. The summed E-state index contributed by atoms with van der Waals surface area (Å²) in [6, 6.07) is 8.46. The van der Waals surface area contributed by atoms with Crippen LogP contribution in [0.5, 0.6) is 0 Å². The highest BCUT2D eigenvalue weighted by molar-refractivity contribution is 7.98. The third-order valence-electron chi connectivity index (χ3n) is 4.71. The van der Waals surface area contributed by atoms with Gasteiger partial charge in [0.25, 0.3) is 0 Å². The molecule has 0 amide bonds. The van der Waals surface area contributed by atoms with Crippen LogP contribution in [0.15, 0.2) is 35.4 Å². The van der Waals surface area contributed by atoms with Gasteiger partial charge in [-0.3, -0.25) is 0 Å². The summed E-state index contributed by atoms with van der Waals surface area (Å²) in [6.07, 6.45) is 6.12. The number of anilines is 3. The molecule has 1 N–H and O–H groups in total. The van der Waals surface area contributed by atoms with Crippen molar-refractivity contribution in [2.75, 3.05) is 29.6 Å². The fourth-order valence-corrected chi connectivity index (χ4v) is 3.89. The summed E-state index contributed by atoms with van der Waals surface area (Å²) < 4.78 is 1.97. The monoisotopic (exact) mass is 383 g/mol. The summed E-state index contributed by atoms with van der Waals surface area (Å²) in [7, 11) is 0. The molecule has 3 rings (SSSR count). The quantitative estimate of drug-likeness (QED) is 0.525. The van der Waals surface area contributed by atoms with E-state index in [-0.39, 0.29) is 0 Å². The third-order valence-corrected chi connectivity index (χ3v) is 5.44. The Hall–Kier alpha value is -2.21. The molecule has 5 nitrogen and oxygen atoms in total. The first-order valence-electron chi connectivity index (χ1n) is 9.60. The van der Waals surface area contributed by atoms with Crippen LogP contribution in [0.25, 0.3) is 5.65 Å². The lowest BCUT2D eigenvalue weighted by Crippen LogP contribution is -2.28. The molecule has 0 aliphatic rings. The van der Waals surface area contributed by atoms with Crippen LogP contribution in [0.4, 0.5) is 17.3 Å². The number of benzene rings is 1. The predicted molar refractivity (Wildman–Crippen MR) is 117 cm³/mol. The minimum atomic E-state index is 0.869. The molecule has 0 saturated carbocycles. The molecule has 2 heterocycles. The summed E-state index contributed by atoms with van der Waals surface area (Å²) in [5.41, 5.74) is 4.31. The number of aryl methyl sites for hydroxylation is 1. The molecule has 0 unspecified atom stereocenters. The molecular weight excluding hydrogens is 354 g/mol. The molecule has 0 bridgehead atoms. The fraction of sp³-hybridized carbons (Fsp3) is 0.429. The van der Waals surface area contributed by atoms with Crippen LogP contribution in [-0.4, -0.2) is 33.9 Å². The van der Waals surface area contributed by atoms with Crippen LogP contribution in [-0.2, 0) is 0 Å². The van der Waals surface area contributed by atoms with Crippen molar-refractivity contribution < 1.29 is 0 Å². The highest BCUT2D eigenvalue weighted by Gasteiger charge is 2.18. The van der Waals surface area contributed by atoms with E-state index in [1.54, 1.807) is 11.8 Å². The maximum atomic E-state index is 4.83. The Labute approximate surface area is 166 Å². The van der Waals surface area contributed by atoms with Crippen molar-refractivity contribution in [2.45, 2.75) is 45.4 Å². The molecule has 0 spiro atoms. The lowest BCUT2D eigenvalue weighted by Gasteiger charge is -2.27. The number of hydrogen-bond acceptors (Lipinski definition) is 5. The number of thioether (sulfide) groups is 1. The van der Waals surface area contributed by atoms with E-state index < -0.39 is 0 Å². The van der Waals surface area contributed by atoms with Crippen LogP contribution >= 0.6 is 11.8 Å². The Morgan fingerprint density at radius 3 is 2.48 bits per heavy atom. The molecule has 144 valence electrons. The summed E-state index contributed by atoms with van der Waals surface area (Å²) in [4.78, 5) is 8.53. The molecule has 0 aliphatic carbocycles. The first-order chi connectivity index (χ1) is 13.1. The van der Waals surface area contributed by atoms with Crippen LogP contribution in [0, 0.1) is 13.8 Å². The van der Waals surface area contributed by atoms with Gasteiger partial charge in [0.1, 0.15) is 11.6 Å². The van der Waals surface area contributed by atoms with Crippen molar-refractivity contribution in [1.82, 2.24) is 14.6 Å². The second-order valence-electron chi connectivity index (χ2n) is 6.80. The van der Waals surface area contributed by atoms with Gasteiger partial charge in [-0.2, -0.15) is 9.61 Å². The maximum absolute atomic E-state index is 4.83. The summed E-state index contributed by atoms with van der Waals surface area (Å²) in [5, 5.41) is 8.10. The van der Waals surface area contributed by atoms with E-state index in [1.807, 2.05) is 16.8 Å². The minimum absolute atomic E-state index is 0.869. The van der Waals surface area contributed by atoms with Gasteiger partial charge in [-0.05, 0) is 56.7 Å². The van der Waals surface area contributed by atoms with Crippen molar-refractivity contribution in [3.05, 3.63) is 41.6 Å². The largest absolute Gasteiger partial charge is 0.356 e. The third kappa shape index (κ3) is 4.05. The van der Waals surface area contributed by atoms with E-state index >= 15 is 0 Å². The average molecular weight is 384 g/mol. The van der Waals surface area contributed by atoms with E-state index in [2.05, 4.69) is 67.5 Å². The van der Waals surface area contributed by atoms with E-state index in [4.69, 9.17) is 4.98 Å². The Bertz CT molecular complexity index is 912. The maximum Gasteiger partial charge on any atom is 0.159 e. The molecular formula is C21H29N5S. The van der Waals surface area contributed by atoms with Crippen molar-refractivity contribution in [2.24, 2.45) is 0 Å². The number of hydrogen-bond donors (Lipinski definition) is 1. The zero-order valence-corrected chi connectivity index (χ0v) is 17.7. The number of fused-ring (bicyclic) bond motifs is 1. The minimum Gasteiger partial charge on any atom is -0.356 e. The molecule has 0 atom stereocenters. The Kier molecular flexibility index (Phi) is 6.26. The number of aromatic nitrogens is 3. The van der Waals surface area contributed by atoms with Gasteiger partial charge in [0, 0.05) is 35.3 Å². The molecule has 27 heavy (non-hydrogen) atoms.